The van der Waals surface area contributed by atoms with Crippen molar-refractivity contribution in [3.05, 3.63) is 36.5 Å². The van der Waals surface area contributed by atoms with Crippen molar-refractivity contribution in [3.63, 3.8) is 0 Å². The van der Waals surface area contributed by atoms with Crippen LogP contribution < -0.4 is 4.74 Å². The normalized spacial score (nSPS) is 12.3. The van der Waals surface area contributed by atoms with Crippen LogP contribution in [0.3, 0.4) is 0 Å². The molecule has 0 aliphatic heterocycles. The number of benzene rings is 1. The van der Waals surface area contributed by atoms with E-state index in [9.17, 15) is 4.79 Å². The molecule has 0 spiro atoms. The summed E-state index contributed by atoms with van der Waals surface area (Å²) in [6, 6.07) is 9.42. The fourth-order valence-electron chi connectivity index (χ4n) is 1.49. The molecule has 1 N–H and O–H groups in total. The molecule has 0 amide bonds. The SMILES string of the molecule is CSC(Oc1nccc2ccccc12)C(=O)O. The Labute approximate surface area is 103 Å². The number of aromatic nitrogens is 1. The number of carboxylic acid groups (broad SMARTS) is 1. The predicted molar refractivity (Wildman–Crippen MR) is 67.3 cm³/mol. The number of aliphatic carboxylic acids is 1. The number of pyridine rings is 1. The van der Waals surface area contributed by atoms with E-state index in [-0.39, 0.29) is 0 Å². The van der Waals surface area contributed by atoms with Gasteiger partial charge in [-0.3, -0.25) is 0 Å². The lowest BCUT2D eigenvalue weighted by molar-refractivity contribution is -0.140. The summed E-state index contributed by atoms with van der Waals surface area (Å²) >= 11 is 1.12. The number of ether oxygens (including phenoxy) is 1. The van der Waals surface area contributed by atoms with Crippen molar-refractivity contribution >= 4 is 28.5 Å². The van der Waals surface area contributed by atoms with Gasteiger partial charge in [-0.05, 0) is 23.8 Å². The highest BCUT2D eigenvalue weighted by Gasteiger charge is 2.19. The monoisotopic (exact) mass is 249 g/mol. The maximum Gasteiger partial charge on any atom is 0.355 e. The number of fused-ring (bicyclic) bond motifs is 1. The van der Waals surface area contributed by atoms with Crippen LogP contribution in [-0.2, 0) is 4.79 Å². The summed E-state index contributed by atoms with van der Waals surface area (Å²) in [6.45, 7) is 0. The molecule has 0 aliphatic carbocycles. The van der Waals surface area contributed by atoms with Crippen molar-refractivity contribution in [2.24, 2.45) is 0 Å². The topological polar surface area (TPSA) is 59.4 Å². The van der Waals surface area contributed by atoms with Crippen molar-refractivity contribution in [2.75, 3.05) is 6.26 Å². The van der Waals surface area contributed by atoms with Gasteiger partial charge in [-0.2, -0.15) is 0 Å². The highest BCUT2D eigenvalue weighted by molar-refractivity contribution is 7.99. The van der Waals surface area contributed by atoms with E-state index in [1.165, 1.54) is 0 Å². The Morgan fingerprint density at radius 1 is 1.41 bits per heavy atom. The molecule has 0 bridgehead atoms. The van der Waals surface area contributed by atoms with Crippen molar-refractivity contribution in [1.29, 1.82) is 0 Å². The third-order valence-electron chi connectivity index (χ3n) is 2.27. The predicted octanol–water partition coefficient (Wildman–Crippen LogP) is 2.39. The molecule has 0 saturated heterocycles. The quantitative estimate of drug-likeness (QED) is 0.843. The van der Waals surface area contributed by atoms with Gasteiger partial charge in [0, 0.05) is 11.6 Å². The molecule has 0 aliphatic rings. The smallest absolute Gasteiger partial charge is 0.355 e. The first-order valence-corrected chi connectivity index (χ1v) is 6.27. The highest BCUT2D eigenvalue weighted by atomic mass is 32.2. The molecule has 0 saturated carbocycles. The molecule has 1 aromatic carbocycles. The molecule has 1 atom stereocenters. The van der Waals surface area contributed by atoms with Crippen molar-refractivity contribution in [3.8, 4) is 5.88 Å². The van der Waals surface area contributed by atoms with Gasteiger partial charge in [0.05, 0.1) is 0 Å². The van der Waals surface area contributed by atoms with Gasteiger partial charge in [0.1, 0.15) is 0 Å². The van der Waals surface area contributed by atoms with E-state index in [1.807, 2.05) is 30.3 Å². The first-order valence-electron chi connectivity index (χ1n) is 4.98. The Morgan fingerprint density at radius 3 is 2.88 bits per heavy atom. The third kappa shape index (κ3) is 2.50. The molecule has 0 radical (unpaired) electrons. The van der Waals surface area contributed by atoms with Gasteiger partial charge in [0.2, 0.25) is 11.3 Å². The standard InChI is InChI=1S/C12H11NO3S/c1-17-12(11(14)15)16-10-9-5-3-2-4-8(9)6-7-13-10/h2-7,12H,1H3,(H,14,15). The van der Waals surface area contributed by atoms with E-state index in [4.69, 9.17) is 9.84 Å². The zero-order valence-corrected chi connectivity index (χ0v) is 9.98. The maximum absolute atomic E-state index is 10.9. The Hall–Kier alpha value is -1.75. The van der Waals surface area contributed by atoms with Crippen LogP contribution in [-0.4, -0.2) is 27.8 Å². The third-order valence-corrected chi connectivity index (χ3v) is 3.00. The summed E-state index contributed by atoms with van der Waals surface area (Å²) in [5, 5.41) is 10.7. The second-order valence-electron chi connectivity index (χ2n) is 3.36. The second-order valence-corrected chi connectivity index (χ2v) is 4.26. The summed E-state index contributed by atoms with van der Waals surface area (Å²) in [5.41, 5.74) is -0.937. The molecule has 17 heavy (non-hydrogen) atoms. The molecule has 1 heterocycles. The van der Waals surface area contributed by atoms with Crippen molar-refractivity contribution in [2.45, 2.75) is 5.44 Å². The lowest BCUT2D eigenvalue weighted by Gasteiger charge is -2.13. The number of rotatable bonds is 4. The number of nitrogens with zero attached hydrogens (tertiary/aromatic N) is 1. The van der Waals surface area contributed by atoms with Gasteiger partial charge in [-0.25, -0.2) is 9.78 Å². The zero-order valence-electron chi connectivity index (χ0n) is 9.16. The Morgan fingerprint density at radius 2 is 2.18 bits per heavy atom. The lowest BCUT2D eigenvalue weighted by Crippen LogP contribution is -2.23. The summed E-state index contributed by atoms with van der Waals surface area (Å²) in [5.74, 6) is -0.655. The summed E-state index contributed by atoms with van der Waals surface area (Å²) in [7, 11) is 0. The molecule has 2 rings (SSSR count). The molecule has 4 nitrogen and oxygen atoms in total. The maximum atomic E-state index is 10.9. The van der Waals surface area contributed by atoms with Crippen LogP contribution in [0.25, 0.3) is 10.8 Å². The van der Waals surface area contributed by atoms with Crippen LogP contribution in [0, 0.1) is 0 Å². The number of hydrogen-bond acceptors (Lipinski definition) is 4. The minimum atomic E-state index is -1.01. The van der Waals surface area contributed by atoms with E-state index in [2.05, 4.69) is 4.98 Å². The Kier molecular flexibility index (Phi) is 3.49. The van der Waals surface area contributed by atoms with Crippen LogP contribution in [0.5, 0.6) is 5.88 Å². The van der Waals surface area contributed by atoms with Crippen LogP contribution in [0.15, 0.2) is 36.5 Å². The summed E-state index contributed by atoms with van der Waals surface area (Å²) in [6.07, 6.45) is 3.29. The van der Waals surface area contributed by atoms with E-state index in [0.29, 0.717) is 5.88 Å². The average Bonchev–Trinajstić information content (AvgIpc) is 2.35. The first kappa shape index (κ1) is 11.7. The Balaban J connectivity index is 2.38. The van der Waals surface area contributed by atoms with Gasteiger partial charge in [-0.15, -0.1) is 11.8 Å². The molecule has 1 aromatic heterocycles. The average molecular weight is 249 g/mol. The van der Waals surface area contributed by atoms with Crippen LogP contribution in [0.2, 0.25) is 0 Å². The van der Waals surface area contributed by atoms with Gasteiger partial charge >= 0.3 is 5.97 Å². The summed E-state index contributed by atoms with van der Waals surface area (Å²) in [4.78, 5) is 15.0. The van der Waals surface area contributed by atoms with Crippen LogP contribution >= 0.6 is 11.8 Å². The minimum Gasteiger partial charge on any atom is -0.478 e. The molecular formula is C12H11NO3S. The zero-order chi connectivity index (χ0) is 12.3. The van der Waals surface area contributed by atoms with Crippen molar-refractivity contribution in [1.82, 2.24) is 4.98 Å². The number of thioether (sulfide) groups is 1. The number of hydrogen-bond donors (Lipinski definition) is 1. The van der Waals surface area contributed by atoms with Gasteiger partial charge < -0.3 is 9.84 Å². The molecule has 1 unspecified atom stereocenters. The number of carbonyl (C=O) groups is 1. The van der Waals surface area contributed by atoms with Gasteiger partial charge in [-0.1, -0.05) is 18.2 Å². The summed E-state index contributed by atoms with van der Waals surface area (Å²) < 4.78 is 5.39. The lowest BCUT2D eigenvalue weighted by atomic mass is 10.2. The fraction of sp³-hybridized carbons (Fsp3) is 0.167. The van der Waals surface area contributed by atoms with Gasteiger partial charge in [0.25, 0.3) is 0 Å². The largest absolute Gasteiger partial charge is 0.478 e. The highest BCUT2D eigenvalue weighted by Crippen LogP contribution is 2.25. The minimum absolute atomic E-state index is 0.352. The first-order chi connectivity index (χ1) is 8.22. The van der Waals surface area contributed by atoms with Crippen LogP contribution in [0.1, 0.15) is 0 Å². The molecular weight excluding hydrogens is 238 g/mol. The molecule has 2 aromatic rings. The molecule has 88 valence electrons. The van der Waals surface area contributed by atoms with Crippen molar-refractivity contribution < 1.29 is 14.6 Å². The van der Waals surface area contributed by atoms with Crippen LogP contribution in [0.4, 0.5) is 0 Å². The van der Waals surface area contributed by atoms with E-state index < -0.39 is 11.4 Å². The van der Waals surface area contributed by atoms with Gasteiger partial charge in [0.15, 0.2) is 0 Å². The van der Waals surface area contributed by atoms with E-state index >= 15 is 0 Å². The van der Waals surface area contributed by atoms with E-state index in [0.717, 1.165) is 22.5 Å². The fourth-order valence-corrected chi connectivity index (χ4v) is 1.88. The Bertz CT molecular complexity index is 539. The van der Waals surface area contributed by atoms with E-state index in [1.54, 1.807) is 12.5 Å². The molecule has 5 heteroatoms. The molecule has 0 fully saturated rings. The number of carboxylic acids is 1. The second kappa shape index (κ2) is 5.05.